The number of Topliss-reactive ketones (excluding diaryl/α,β-unsaturated/α-hetero) is 1. The number of carboxylic acid groups (broad SMARTS) is 1. The van der Waals surface area contributed by atoms with Crippen molar-refractivity contribution in [2.75, 3.05) is 13.2 Å². The van der Waals surface area contributed by atoms with Crippen LogP contribution in [0.5, 0.6) is 0 Å². The second kappa shape index (κ2) is 10.8. The van der Waals surface area contributed by atoms with Crippen molar-refractivity contribution in [1.82, 2.24) is 24.5 Å². The van der Waals surface area contributed by atoms with E-state index in [2.05, 4.69) is 15.4 Å². The third-order valence-electron chi connectivity index (χ3n) is 6.62. The van der Waals surface area contributed by atoms with Gasteiger partial charge in [-0.1, -0.05) is 43.7 Å². The van der Waals surface area contributed by atoms with E-state index in [1.165, 1.54) is 15.3 Å². The molecule has 3 heterocycles. The first-order valence-electron chi connectivity index (χ1n) is 12.0. The number of amides is 1. The van der Waals surface area contributed by atoms with E-state index in [0.29, 0.717) is 24.6 Å². The fraction of sp³-hybridized carbons (Fsp3) is 0.480. The molecule has 0 bridgehead atoms. The van der Waals surface area contributed by atoms with Crippen LogP contribution in [0, 0.1) is 18.8 Å². The number of nitrogens with zero attached hydrogens (tertiary/aromatic N) is 4. The van der Waals surface area contributed by atoms with Crippen LogP contribution >= 0.6 is 11.6 Å². The Morgan fingerprint density at radius 2 is 2.00 bits per heavy atom. The second-order valence-corrected chi connectivity index (χ2v) is 9.83. The fourth-order valence-corrected chi connectivity index (χ4v) is 4.98. The van der Waals surface area contributed by atoms with E-state index in [-0.39, 0.29) is 29.0 Å². The number of aromatic nitrogens is 4. The number of hydrogen-bond acceptors (Lipinski definition) is 6. The molecule has 4 rings (SSSR count). The van der Waals surface area contributed by atoms with E-state index in [4.69, 9.17) is 16.3 Å². The van der Waals surface area contributed by atoms with Crippen molar-refractivity contribution in [2.24, 2.45) is 11.8 Å². The molecule has 1 aliphatic rings. The van der Waals surface area contributed by atoms with Crippen LogP contribution in [0.1, 0.15) is 55.6 Å². The number of aryl methyl sites for hydroxylation is 1. The number of halogens is 1. The standard InChI is InChI=1S/C25H30ClN5O5/c1-14(2)21(32)18(20(28-25(34)35)17-6-4-5-15(3)11-17)13-30-23(33)19-12-27-22(31(19)29-24(30)26)16-7-9-36-10-8-16/h4-6,11-12,14,16,18,20,28H,7-10,13H2,1-3H3,(H,34,35). The zero-order valence-electron chi connectivity index (χ0n) is 20.5. The normalized spacial score (nSPS) is 16.2. The van der Waals surface area contributed by atoms with Crippen molar-refractivity contribution in [3.05, 3.63) is 63.1 Å². The van der Waals surface area contributed by atoms with Gasteiger partial charge >= 0.3 is 6.09 Å². The van der Waals surface area contributed by atoms with E-state index in [1.807, 2.05) is 19.1 Å². The Labute approximate surface area is 213 Å². The molecule has 36 heavy (non-hydrogen) atoms. The fourth-order valence-electron chi connectivity index (χ4n) is 4.76. The van der Waals surface area contributed by atoms with Gasteiger partial charge in [-0.25, -0.2) is 14.3 Å². The van der Waals surface area contributed by atoms with Gasteiger partial charge in [0.2, 0.25) is 5.28 Å². The van der Waals surface area contributed by atoms with Gasteiger partial charge in [0.1, 0.15) is 11.6 Å². The minimum atomic E-state index is -1.27. The lowest BCUT2D eigenvalue weighted by Crippen LogP contribution is -2.41. The average Bonchev–Trinajstić information content (AvgIpc) is 3.27. The minimum absolute atomic E-state index is 0.0980. The van der Waals surface area contributed by atoms with E-state index in [9.17, 15) is 19.5 Å². The smallest absolute Gasteiger partial charge is 0.405 e. The molecule has 0 saturated carbocycles. The van der Waals surface area contributed by atoms with Crippen molar-refractivity contribution in [3.8, 4) is 0 Å². The van der Waals surface area contributed by atoms with Gasteiger partial charge in [0.05, 0.1) is 18.2 Å². The molecule has 0 radical (unpaired) electrons. The first-order valence-corrected chi connectivity index (χ1v) is 12.4. The van der Waals surface area contributed by atoms with Gasteiger partial charge in [0.15, 0.2) is 5.52 Å². The maximum Gasteiger partial charge on any atom is 0.405 e. The molecule has 1 amide bonds. The minimum Gasteiger partial charge on any atom is -0.465 e. The maximum absolute atomic E-state index is 13.5. The predicted molar refractivity (Wildman–Crippen MR) is 133 cm³/mol. The van der Waals surface area contributed by atoms with E-state index >= 15 is 0 Å². The highest BCUT2D eigenvalue weighted by atomic mass is 35.5. The highest BCUT2D eigenvalue weighted by Gasteiger charge is 2.34. The molecule has 1 aliphatic heterocycles. The topological polar surface area (TPSA) is 128 Å². The van der Waals surface area contributed by atoms with E-state index in [1.54, 1.807) is 26.0 Å². The summed E-state index contributed by atoms with van der Waals surface area (Å²) in [7, 11) is 0. The highest BCUT2D eigenvalue weighted by molar-refractivity contribution is 6.28. The summed E-state index contributed by atoms with van der Waals surface area (Å²) in [5.74, 6) is -0.755. The van der Waals surface area contributed by atoms with Gasteiger partial charge in [0, 0.05) is 31.6 Å². The number of ketones is 1. The molecule has 11 heteroatoms. The number of carbonyl (C=O) groups is 2. The number of hydrogen-bond donors (Lipinski definition) is 2. The van der Waals surface area contributed by atoms with Crippen LogP contribution in [-0.4, -0.2) is 49.4 Å². The van der Waals surface area contributed by atoms with Crippen molar-refractivity contribution < 1.29 is 19.4 Å². The third-order valence-corrected chi connectivity index (χ3v) is 6.90. The van der Waals surface area contributed by atoms with Gasteiger partial charge in [-0.2, -0.15) is 0 Å². The van der Waals surface area contributed by atoms with Crippen molar-refractivity contribution in [2.45, 2.75) is 52.1 Å². The quantitative estimate of drug-likeness (QED) is 0.469. The Balaban J connectivity index is 1.78. The summed E-state index contributed by atoms with van der Waals surface area (Å²) in [4.78, 5) is 43.1. The van der Waals surface area contributed by atoms with Crippen molar-refractivity contribution in [1.29, 1.82) is 0 Å². The Hall–Kier alpha value is -3.24. The summed E-state index contributed by atoms with van der Waals surface area (Å²) in [6.07, 6.45) is 1.74. The van der Waals surface area contributed by atoms with Crippen molar-refractivity contribution in [3.63, 3.8) is 0 Å². The largest absolute Gasteiger partial charge is 0.465 e. The predicted octanol–water partition coefficient (Wildman–Crippen LogP) is 3.60. The van der Waals surface area contributed by atoms with Gasteiger partial charge in [-0.15, -0.1) is 5.10 Å². The van der Waals surface area contributed by atoms with Crippen LogP contribution in [0.2, 0.25) is 5.28 Å². The Morgan fingerprint density at radius 1 is 1.28 bits per heavy atom. The second-order valence-electron chi connectivity index (χ2n) is 9.49. The molecule has 2 N–H and O–H groups in total. The van der Waals surface area contributed by atoms with Gasteiger partial charge in [-0.05, 0) is 36.9 Å². The number of benzene rings is 1. The van der Waals surface area contributed by atoms with Gasteiger partial charge < -0.3 is 15.2 Å². The molecule has 1 saturated heterocycles. The molecule has 10 nitrogen and oxygen atoms in total. The molecule has 2 unspecified atom stereocenters. The molecule has 2 aromatic heterocycles. The summed E-state index contributed by atoms with van der Waals surface area (Å²) in [5, 5.41) is 16.4. The third kappa shape index (κ3) is 5.29. The van der Waals surface area contributed by atoms with Crippen LogP contribution < -0.4 is 10.9 Å². The Bertz CT molecular complexity index is 1330. The first-order chi connectivity index (χ1) is 17.2. The van der Waals surface area contributed by atoms with Crippen LogP contribution in [0.25, 0.3) is 5.52 Å². The molecular formula is C25H30ClN5O5. The molecule has 1 fully saturated rings. The SMILES string of the molecule is Cc1cccc(C(NC(=O)O)C(Cn2c(Cl)nn3c(C4CCOCC4)ncc3c2=O)C(=O)C(C)C)c1. The Kier molecular flexibility index (Phi) is 7.75. The highest BCUT2D eigenvalue weighted by Crippen LogP contribution is 2.29. The summed E-state index contributed by atoms with van der Waals surface area (Å²) < 4.78 is 8.13. The lowest BCUT2D eigenvalue weighted by molar-refractivity contribution is -0.127. The van der Waals surface area contributed by atoms with Crippen LogP contribution in [-0.2, 0) is 16.1 Å². The van der Waals surface area contributed by atoms with Crippen LogP contribution in [0.15, 0.2) is 35.3 Å². The molecule has 2 atom stereocenters. The van der Waals surface area contributed by atoms with Crippen molar-refractivity contribution >= 4 is 29.0 Å². The summed E-state index contributed by atoms with van der Waals surface area (Å²) in [6.45, 7) is 6.45. The number of fused-ring (bicyclic) bond motifs is 1. The number of rotatable bonds is 8. The Morgan fingerprint density at radius 3 is 2.64 bits per heavy atom. The molecule has 192 valence electrons. The lowest BCUT2D eigenvalue weighted by atomic mass is 9.84. The zero-order valence-corrected chi connectivity index (χ0v) is 21.2. The molecule has 1 aromatic carbocycles. The summed E-state index contributed by atoms with van der Waals surface area (Å²) in [5.41, 5.74) is 1.34. The lowest BCUT2D eigenvalue weighted by Gasteiger charge is -2.29. The number of imidazole rings is 1. The van der Waals surface area contributed by atoms with E-state index < -0.39 is 29.5 Å². The number of nitrogens with one attached hydrogen (secondary N) is 1. The van der Waals surface area contributed by atoms with Crippen LogP contribution in [0.3, 0.4) is 0 Å². The number of ether oxygens (including phenoxy) is 1. The molecule has 0 spiro atoms. The monoisotopic (exact) mass is 515 g/mol. The summed E-state index contributed by atoms with van der Waals surface area (Å²) >= 11 is 6.52. The zero-order chi connectivity index (χ0) is 26.0. The molecule has 3 aromatic rings. The molecule has 0 aliphatic carbocycles. The maximum atomic E-state index is 13.5. The number of carbonyl (C=O) groups excluding carboxylic acids is 1. The van der Waals surface area contributed by atoms with Crippen LogP contribution in [0.4, 0.5) is 4.79 Å². The first kappa shape index (κ1) is 25.8. The van der Waals surface area contributed by atoms with Gasteiger partial charge in [0.25, 0.3) is 5.56 Å². The summed E-state index contributed by atoms with van der Waals surface area (Å²) in [6, 6.07) is 6.38. The average molecular weight is 516 g/mol. The molecular weight excluding hydrogens is 486 g/mol. The van der Waals surface area contributed by atoms with E-state index in [0.717, 1.165) is 18.4 Å². The van der Waals surface area contributed by atoms with Gasteiger partial charge in [-0.3, -0.25) is 14.2 Å².